The zero-order chi connectivity index (χ0) is 14.9. The van der Waals surface area contributed by atoms with Gasteiger partial charge in [-0.15, -0.1) is 0 Å². The van der Waals surface area contributed by atoms with Crippen LogP contribution in [0.1, 0.15) is 35.3 Å². The second kappa shape index (κ2) is 6.10. The van der Waals surface area contributed by atoms with Gasteiger partial charge in [0.15, 0.2) is 0 Å². The van der Waals surface area contributed by atoms with E-state index in [2.05, 4.69) is 52.2 Å². The fraction of sp³-hybridized carbons (Fsp3) is 0.571. The van der Waals surface area contributed by atoms with Crippen LogP contribution in [0.25, 0.3) is 0 Å². The van der Waals surface area contributed by atoms with Crippen LogP contribution in [0.4, 0.5) is 0 Å². The van der Waals surface area contributed by atoms with Gasteiger partial charge in [0.2, 0.25) is 0 Å². The van der Waals surface area contributed by atoms with Crippen molar-refractivity contribution in [1.82, 2.24) is 24.9 Å². The summed E-state index contributed by atoms with van der Waals surface area (Å²) in [4.78, 5) is 0. The van der Waals surface area contributed by atoms with Gasteiger partial charge in [0.25, 0.3) is 0 Å². The van der Waals surface area contributed by atoms with Gasteiger partial charge in [0.05, 0.1) is 21.6 Å². The molecule has 0 saturated carbocycles. The molecule has 0 saturated heterocycles. The molecule has 2 aromatic rings. The number of nitrogens with one attached hydrogen (secondary N) is 1. The molecule has 0 bridgehead atoms. The number of hydrogen-bond donors (Lipinski definition) is 1. The molecule has 0 atom stereocenters. The van der Waals surface area contributed by atoms with E-state index in [4.69, 9.17) is 0 Å². The summed E-state index contributed by atoms with van der Waals surface area (Å²) in [5.74, 6) is 0. The monoisotopic (exact) mass is 339 g/mol. The summed E-state index contributed by atoms with van der Waals surface area (Å²) in [6.45, 7) is 10.8. The van der Waals surface area contributed by atoms with Crippen molar-refractivity contribution in [3.05, 3.63) is 32.8 Å². The predicted octanol–water partition coefficient (Wildman–Crippen LogP) is 2.61. The van der Waals surface area contributed by atoms with Crippen LogP contribution in [0.2, 0.25) is 0 Å². The maximum atomic E-state index is 4.51. The van der Waals surface area contributed by atoms with Crippen molar-refractivity contribution in [3.63, 3.8) is 0 Å². The fourth-order valence-corrected chi connectivity index (χ4v) is 2.84. The molecular formula is C14H22BrN5. The molecule has 0 spiro atoms. The van der Waals surface area contributed by atoms with Crippen molar-refractivity contribution in [2.45, 2.75) is 47.3 Å². The number of rotatable bonds is 5. The van der Waals surface area contributed by atoms with Gasteiger partial charge in [-0.2, -0.15) is 10.2 Å². The zero-order valence-corrected chi connectivity index (χ0v) is 14.4. The number of aryl methyl sites for hydroxylation is 4. The molecule has 0 radical (unpaired) electrons. The Morgan fingerprint density at radius 3 is 2.35 bits per heavy atom. The lowest BCUT2D eigenvalue weighted by atomic mass is 10.2. The molecular weight excluding hydrogens is 318 g/mol. The first-order valence-electron chi connectivity index (χ1n) is 6.87. The highest BCUT2D eigenvalue weighted by atomic mass is 79.9. The minimum absolute atomic E-state index is 0.795. The highest BCUT2D eigenvalue weighted by Crippen LogP contribution is 2.21. The normalized spacial score (nSPS) is 11.3. The molecule has 2 aromatic heterocycles. The molecule has 0 fully saturated rings. The molecule has 0 aliphatic heterocycles. The van der Waals surface area contributed by atoms with Crippen LogP contribution < -0.4 is 5.32 Å². The molecule has 110 valence electrons. The lowest BCUT2D eigenvalue weighted by Crippen LogP contribution is -2.17. The lowest BCUT2D eigenvalue weighted by Gasteiger charge is -2.08. The predicted molar refractivity (Wildman–Crippen MR) is 83.6 cm³/mol. The van der Waals surface area contributed by atoms with Gasteiger partial charge < -0.3 is 5.32 Å². The van der Waals surface area contributed by atoms with Gasteiger partial charge in [-0.25, -0.2) is 0 Å². The Morgan fingerprint density at radius 2 is 1.80 bits per heavy atom. The van der Waals surface area contributed by atoms with Crippen LogP contribution in [-0.4, -0.2) is 19.6 Å². The zero-order valence-electron chi connectivity index (χ0n) is 12.8. The average Bonchev–Trinajstić information content (AvgIpc) is 2.82. The van der Waals surface area contributed by atoms with Crippen LogP contribution in [0.3, 0.4) is 0 Å². The molecule has 2 heterocycles. The van der Waals surface area contributed by atoms with Gasteiger partial charge in [-0.3, -0.25) is 9.36 Å². The molecule has 5 nitrogen and oxygen atoms in total. The second-order valence-electron chi connectivity index (χ2n) is 5.04. The van der Waals surface area contributed by atoms with Gasteiger partial charge in [0.1, 0.15) is 0 Å². The third-order valence-corrected chi connectivity index (χ3v) is 4.74. The summed E-state index contributed by atoms with van der Waals surface area (Å²) >= 11 is 3.62. The highest BCUT2D eigenvalue weighted by Gasteiger charge is 2.13. The molecule has 0 aliphatic carbocycles. The van der Waals surface area contributed by atoms with E-state index >= 15 is 0 Å². The molecule has 1 N–H and O–H groups in total. The summed E-state index contributed by atoms with van der Waals surface area (Å²) in [5, 5.41) is 12.4. The SMILES string of the molecule is CCn1nc(C)c(Br)c1CNCc1c(C)nn(C)c1C. The van der Waals surface area contributed by atoms with Crippen molar-refractivity contribution >= 4 is 15.9 Å². The van der Waals surface area contributed by atoms with Crippen LogP contribution in [0, 0.1) is 20.8 Å². The van der Waals surface area contributed by atoms with Gasteiger partial charge >= 0.3 is 0 Å². The van der Waals surface area contributed by atoms with Crippen molar-refractivity contribution in [1.29, 1.82) is 0 Å². The first kappa shape index (κ1) is 15.3. The smallest absolute Gasteiger partial charge is 0.0739 e. The van der Waals surface area contributed by atoms with E-state index in [-0.39, 0.29) is 0 Å². The van der Waals surface area contributed by atoms with E-state index < -0.39 is 0 Å². The largest absolute Gasteiger partial charge is 0.307 e. The van der Waals surface area contributed by atoms with Gasteiger partial charge in [0, 0.05) is 37.9 Å². The first-order valence-corrected chi connectivity index (χ1v) is 7.66. The molecule has 0 amide bonds. The Balaban J connectivity index is 2.07. The van der Waals surface area contributed by atoms with E-state index in [1.54, 1.807) is 0 Å². The summed E-state index contributed by atoms with van der Waals surface area (Å²) in [6, 6.07) is 0. The van der Waals surface area contributed by atoms with Crippen molar-refractivity contribution in [2.24, 2.45) is 7.05 Å². The number of halogens is 1. The summed E-state index contributed by atoms with van der Waals surface area (Å²) < 4.78 is 5.07. The molecule has 0 aromatic carbocycles. The van der Waals surface area contributed by atoms with E-state index in [9.17, 15) is 0 Å². The minimum atomic E-state index is 0.795. The van der Waals surface area contributed by atoms with E-state index in [0.29, 0.717) is 0 Å². The Bertz CT molecular complexity index is 612. The van der Waals surface area contributed by atoms with Gasteiger partial charge in [-0.1, -0.05) is 0 Å². The molecule has 2 rings (SSSR count). The number of hydrogen-bond acceptors (Lipinski definition) is 3. The fourth-order valence-electron chi connectivity index (χ4n) is 2.42. The maximum Gasteiger partial charge on any atom is 0.0739 e. The van der Waals surface area contributed by atoms with Crippen LogP contribution in [0.15, 0.2) is 4.47 Å². The van der Waals surface area contributed by atoms with Crippen LogP contribution in [-0.2, 0) is 26.7 Å². The van der Waals surface area contributed by atoms with Gasteiger partial charge in [-0.05, 0) is 43.6 Å². The summed E-state index contributed by atoms with van der Waals surface area (Å²) in [5.41, 5.74) is 5.83. The standard InChI is InChI=1S/C14H22BrN5/c1-6-20-13(14(15)10(3)18-20)8-16-7-12-9(2)17-19(5)11(12)4/h16H,6-8H2,1-5H3. The topological polar surface area (TPSA) is 47.7 Å². The summed E-state index contributed by atoms with van der Waals surface area (Å²) in [6.07, 6.45) is 0. The first-order chi connectivity index (χ1) is 9.45. The highest BCUT2D eigenvalue weighted by molar-refractivity contribution is 9.10. The number of aromatic nitrogens is 4. The van der Waals surface area contributed by atoms with E-state index in [0.717, 1.165) is 35.5 Å². The lowest BCUT2D eigenvalue weighted by molar-refractivity contribution is 0.577. The molecule has 0 unspecified atom stereocenters. The second-order valence-corrected chi connectivity index (χ2v) is 5.83. The van der Waals surface area contributed by atoms with Crippen LogP contribution >= 0.6 is 15.9 Å². The quantitative estimate of drug-likeness (QED) is 0.910. The average molecular weight is 340 g/mol. The van der Waals surface area contributed by atoms with Crippen molar-refractivity contribution in [3.8, 4) is 0 Å². The third kappa shape index (κ3) is 2.81. The molecule has 6 heteroatoms. The minimum Gasteiger partial charge on any atom is -0.307 e. The maximum absolute atomic E-state index is 4.51. The Kier molecular flexibility index (Phi) is 4.65. The molecule has 0 aliphatic rings. The Labute approximate surface area is 128 Å². The van der Waals surface area contributed by atoms with Crippen molar-refractivity contribution in [2.75, 3.05) is 0 Å². The Morgan fingerprint density at radius 1 is 1.10 bits per heavy atom. The third-order valence-electron chi connectivity index (χ3n) is 3.71. The van der Waals surface area contributed by atoms with E-state index in [1.165, 1.54) is 17.0 Å². The van der Waals surface area contributed by atoms with Crippen LogP contribution in [0.5, 0.6) is 0 Å². The van der Waals surface area contributed by atoms with E-state index in [1.807, 2.05) is 23.3 Å². The summed E-state index contributed by atoms with van der Waals surface area (Å²) in [7, 11) is 1.98. The molecule has 20 heavy (non-hydrogen) atoms. The Hall–Kier alpha value is -1.14. The number of nitrogens with zero attached hydrogens (tertiary/aromatic N) is 4. The van der Waals surface area contributed by atoms with Crippen molar-refractivity contribution < 1.29 is 0 Å².